The molecule has 0 aliphatic rings. The second-order valence-corrected chi connectivity index (χ2v) is 5.67. The SMILES string of the molecule is C=CCNC(=O)[C@H](C)OC(=O)/C=C/c1c(C)nn(CCCC)c1Cl. The zero-order valence-electron chi connectivity index (χ0n) is 14.3. The van der Waals surface area contributed by atoms with Crippen molar-refractivity contribution in [2.24, 2.45) is 0 Å². The molecule has 1 N–H and O–H groups in total. The quantitative estimate of drug-likeness (QED) is 0.421. The third-order valence-electron chi connectivity index (χ3n) is 3.30. The highest BCUT2D eigenvalue weighted by Gasteiger charge is 2.16. The molecule has 0 saturated carbocycles. The Labute approximate surface area is 147 Å². The maximum absolute atomic E-state index is 11.8. The van der Waals surface area contributed by atoms with Gasteiger partial charge in [0.15, 0.2) is 6.10 Å². The van der Waals surface area contributed by atoms with Crippen LogP contribution in [-0.4, -0.2) is 34.3 Å². The molecule has 1 atom stereocenters. The molecule has 0 saturated heterocycles. The molecule has 132 valence electrons. The summed E-state index contributed by atoms with van der Waals surface area (Å²) in [5.74, 6) is -0.994. The number of ether oxygens (including phenoxy) is 1. The van der Waals surface area contributed by atoms with Crippen molar-refractivity contribution >= 4 is 29.6 Å². The Bertz CT molecular complexity index is 623. The summed E-state index contributed by atoms with van der Waals surface area (Å²) in [4.78, 5) is 23.5. The highest BCUT2D eigenvalue weighted by Crippen LogP contribution is 2.21. The molecule has 0 aromatic carbocycles. The maximum Gasteiger partial charge on any atom is 0.331 e. The van der Waals surface area contributed by atoms with Gasteiger partial charge in [-0.3, -0.25) is 9.48 Å². The number of nitrogens with zero attached hydrogens (tertiary/aromatic N) is 2. The Morgan fingerprint density at radius 3 is 2.83 bits per heavy atom. The minimum Gasteiger partial charge on any atom is -0.449 e. The maximum atomic E-state index is 11.8. The number of halogens is 1. The van der Waals surface area contributed by atoms with E-state index in [0.717, 1.165) is 25.1 Å². The van der Waals surface area contributed by atoms with E-state index in [9.17, 15) is 9.59 Å². The normalized spacial score (nSPS) is 12.2. The average Bonchev–Trinajstić information content (AvgIpc) is 2.82. The number of unbranched alkanes of at least 4 members (excludes halogenated alkanes) is 1. The molecule has 0 radical (unpaired) electrons. The van der Waals surface area contributed by atoms with E-state index < -0.39 is 12.1 Å². The predicted octanol–water partition coefficient (Wildman–Crippen LogP) is 2.89. The van der Waals surface area contributed by atoms with Crippen LogP contribution in [0.15, 0.2) is 18.7 Å². The predicted molar refractivity (Wildman–Crippen MR) is 94.7 cm³/mol. The van der Waals surface area contributed by atoms with Gasteiger partial charge >= 0.3 is 5.97 Å². The molecule has 0 aliphatic carbocycles. The fourth-order valence-electron chi connectivity index (χ4n) is 1.95. The van der Waals surface area contributed by atoms with Crippen LogP contribution in [0.5, 0.6) is 0 Å². The second kappa shape index (κ2) is 9.93. The van der Waals surface area contributed by atoms with Crippen LogP contribution in [0.2, 0.25) is 5.15 Å². The Morgan fingerprint density at radius 1 is 1.50 bits per heavy atom. The molecule has 0 spiro atoms. The first-order valence-corrected chi connectivity index (χ1v) is 8.28. The van der Waals surface area contributed by atoms with Crippen molar-refractivity contribution in [1.29, 1.82) is 0 Å². The standard InChI is InChI=1S/C17H24ClN3O3/c1-5-7-11-21-16(18)14(12(3)20-21)8-9-15(22)24-13(4)17(23)19-10-6-2/h6,8-9,13H,2,5,7,10-11H2,1,3-4H3,(H,19,23)/b9-8+/t13-/m0/s1. The second-order valence-electron chi connectivity index (χ2n) is 5.31. The van der Waals surface area contributed by atoms with Gasteiger partial charge in [-0.25, -0.2) is 4.79 Å². The number of esters is 1. The molecule has 1 aromatic rings. The number of hydrogen-bond donors (Lipinski definition) is 1. The van der Waals surface area contributed by atoms with Gasteiger partial charge in [0, 0.05) is 24.7 Å². The van der Waals surface area contributed by atoms with E-state index in [1.807, 2.05) is 6.92 Å². The minimum atomic E-state index is -0.883. The molecule has 24 heavy (non-hydrogen) atoms. The number of aromatic nitrogens is 2. The van der Waals surface area contributed by atoms with Gasteiger partial charge in [-0.05, 0) is 26.3 Å². The van der Waals surface area contributed by atoms with E-state index >= 15 is 0 Å². The summed E-state index contributed by atoms with van der Waals surface area (Å²) in [6, 6.07) is 0. The largest absolute Gasteiger partial charge is 0.449 e. The van der Waals surface area contributed by atoms with Crippen LogP contribution in [0.4, 0.5) is 0 Å². The van der Waals surface area contributed by atoms with Crippen molar-refractivity contribution in [3.05, 3.63) is 35.1 Å². The molecule has 1 rings (SSSR count). The van der Waals surface area contributed by atoms with E-state index in [2.05, 4.69) is 23.9 Å². The smallest absolute Gasteiger partial charge is 0.331 e. The highest BCUT2D eigenvalue weighted by molar-refractivity contribution is 6.31. The van der Waals surface area contributed by atoms with Gasteiger partial charge in [-0.1, -0.05) is 31.0 Å². The molecule has 7 heteroatoms. The van der Waals surface area contributed by atoms with Crippen molar-refractivity contribution < 1.29 is 14.3 Å². The minimum absolute atomic E-state index is 0.322. The van der Waals surface area contributed by atoms with Gasteiger partial charge in [0.1, 0.15) is 5.15 Å². The third kappa shape index (κ3) is 5.85. The molecular weight excluding hydrogens is 330 g/mol. The molecule has 0 aliphatic heterocycles. The van der Waals surface area contributed by atoms with Gasteiger partial charge in [-0.15, -0.1) is 6.58 Å². The Balaban J connectivity index is 2.68. The molecule has 6 nitrogen and oxygen atoms in total. The summed E-state index contributed by atoms with van der Waals surface area (Å²) in [5, 5.41) is 7.40. The fourth-order valence-corrected chi connectivity index (χ4v) is 2.27. The number of carbonyl (C=O) groups excluding carboxylic acids is 2. The zero-order chi connectivity index (χ0) is 18.1. The molecule has 0 unspecified atom stereocenters. The molecule has 0 bridgehead atoms. The Morgan fingerprint density at radius 2 is 2.21 bits per heavy atom. The van der Waals surface area contributed by atoms with E-state index in [0.29, 0.717) is 17.3 Å². The highest BCUT2D eigenvalue weighted by atomic mass is 35.5. The molecule has 0 fully saturated rings. The van der Waals surface area contributed by atoms with Crippen LogP contribution < -0.4 is 5.32 Å². The number of amides is 1. The van der Waals surface area contributed by atoms with Crippen LogP contribution in [0.25, 0.3) is 6.08 Å². The van der Waals surface area contributed by atoms with Crippen molar-refractivity contribution in [3.8, 4) is 0 Å². The zero-order valence-corrected chi connectivity index (χ0v) is 15.1. The Hall–Kier alpha value is -2.08. The first kappa shape index (κ1) is 20.0. The third-order valence-corrected chi connectivity index (χ3v) is 3.70. The summed E-state index contributed by atoms with van der Waals surface area (Å²) in [7, 11) is 0. The van der Waals surface area contributed by atoms with E-state index in [1.54, 1.807) is 16.8 Å². The van der Waals surface area contributed by atoms with Crippen LogP contribution in [0, 0.1) is 6.92 Å². The fraction of sp³-hybridized carbons (Fsp3) is 0.471. The van der Waals surface area contributed by atoms with Crippen LogP contribution in [-0.2, 0) is 20.9 Å². The lowest BCUT2D eigenvalue weighted by molar-refractivity contribution is -0.150. The number of carbonyl (C=O) groups is 2. The van der Waals surface area contributed by atoms with E-state index in [-0.39, 0.29) is 5.91 Å². The summed E-state index contributed by atoms with van der Waals surface area (Å²) in [5.41, 5.74) is 1.41. The number of rotatable bonds is 9. The topological polar surface area (TPSA) is 73.2 Å². The van der Waals surface area contributed by atoms with Crippen molar-refractivity contribution in [2.45, 2.75) is 46.3 Å². The van der Waals surface area contributed by atoms with Gasteiger partial charge < -0.3 is 10.1 Å². The number of nitrogens with one attached hydrogen (secondary N) is 1. The van der Waals surface area contributed by atoms with Crippen molar-refractivity contribution in [3.63, 3.8) is 0 Å². The first-order chi connectivity index (χ1) is 11.4. The van der Waals surface area contributed by atoms with Gasteiger partial charge in [0.25, 0.3) is 5.91 Å². The molecular formula is C17H24ClN3O3. The summed E-state index contributed by atoms with van der Waals surface area (Å²) >= 11 is 6.29. The van der Waals surface area contributed by atoms with Gasteiger partial charge in [0.2, 0.25) is 0 Å². The lowest BCUT2D eigenvalue weighted by Crippen LogP contribution is -2.35. The van der Waals surface area contributed by atoms with Crippen LogP contribution in [0.3, 0.4) is 0 Å². The lowest BCUT2D eigenvalue weighted by atomic mass is 10.2. The summed E-state index contributed by atoms with van der Waals surface area (Å²) in [6.45, 7) is 9.97. The van der Waals surface area contributed by atoms with Crippen LogP contribution >= 0.6 is 11.6 Å². The van der Waals surface area contributed by atoms with E-state index in [1.165, 1.54) is 13.0 Å². The van der Waals surface area contributed by atoms with Gasteiger partial charge in [0.05, 0.1) is 5.69 Å². The lowest BCUT2D eigenvalue weighted by Gasteiger charge is -2.10. The summed E-state index contributed by atoms with van der Waals surface area (Å²) < 4.78 is 6.76. The molecule has 1 amide bonds. The average molecular weight is 354 g/mol. The molecule has 1 aromatic heterocycles. The first-order valence-electron chi connectivity index (χ1n) is 7.90. The van der Waals surface area contributed by atoms with Crippen molar-refractivity contribution in [1.82, 2.24) is 15.1 Å². The number of hydrogen-bond acceptors (Lipinski definition) is 4. The Kier molecular flexibility index (Phi) is 8.26. The van der Waals surface area contributed by atoms with Crippen molar-refractivity contribution in [2.75, 3.05) is 6.54 Å². The van der Waals surface area contributed by atoms with Gasteiger partial charge in [-0.2, -0.15) is 5.10 Å². The monoisotopic (exact) mass is 353 g/mol. The number of aryl methyl sites for hydroxylation is 2. The molecule has 1 heterocycles. The summed E-state index contributed by atoms with van der Waals surface area (Å²) in [6.07, 6.45) is 5.49. The van der Waals surface area contributed by atoms with E-state index in [4.69, 9.17) is 16.3 Å². The van der Waals surface area contributed by atoms with Crippen LogP contribution in [0.1, 0.15) is 37.9 Å².